The molecular formula is C76H107N13O16. The Morgan fingerprint density at radius 3 is 1.87 bits per heavy atom. The van der Waals surface area contributed by atoms with E-state index in [1.807, 2.05) is 26.0 Å². The predicted molar refractivity (Wildman–Crippen MR) is 385 cm³/mol. The topological polar surface area (TPSA) is 334 Å². The number of nitrogens with zero attached hydrogens (tertiary/aromatic N) is 10. The van der Waals surface area contributed by atoms with Crippen molar-refractivity contribution in [2.45, 2.75) is 197 Å². The van der Waals surface area contributed by atoms with Crippen molar-refractivity contribution in [3.05, 3.63) is 83.4 Å². The third-order valence-electron chi connectivity index (χ3n) is 22.2. The summed E-state index contributed by atoms with van der Waals surface area (Å²) in [5, 5.41) is 8.90. The van der Waals surface area contributed by atoms with Crippen LogP contribution in [-0.4, -0.2) is 275 Å². The minimum atomic E-state index is -1.64. The Morgan fingerprint density at radius 2 is 1.28 bits per heavy atom. The van der Waals surface area contributed by atoms with Crippen LogP contribution in [-0.2, 0) is 73.6 Å². The van der Waals surface area contributed by atoms with Crippen molar-refractivity contribution in [2.24, 2.45) is 17.8 Å². The average Bonchev–Trinajstić information content (AvgIpc) is 1.44. The number of imide groups is 1. The van der Waals surface area contributed by atoms with Gasteiger partial charge in [-0.25, -0.2) is 4.79 Å². The van der Waals surface area contributed by atoms with Crippen LogP contribution in [0.5, 0.6) is 0 Å². The highest BCUT2D eigenvalue weighted by Crippen LogP contribution is 2.39. The van der Waals surface area contributed by atoms with Crippen LogP contribution in [0, 0.1) is 24.7 Å². The Balaban J connectivity index is 1.17. The second kappa shape index (κ2) is 35.9. The standard InChI is InChI=1S/C76H107N13O16/c1-13-15-39-87-58(42-50-33-31-47(3)32-34-50)72(101)82(8)44-59(90)77-54(35-36-63(94)105-89-68(97)52-28-20-21-29-53(52)69(89)98)70(99)88-40-22-30-55(88)67(96)79-76(37-23-38-76)75(104)86(12)65(51-26-18-19-27-51)74(103)85(11)57(71(100)80(5)6)43-60(91)84(10)56(41-49-24-16-17-25-49)66(95)78-64(48(4)14-2)73(102)83(9)45-61(92)81(7)46-62(87)93/h13,20-21,28-29,31-34,48-49,51,54-58,64-65H,1,14-19,22-27,30,35-46H2,2-12H3,(H,77,90)(H,78,95)(H,79,96)/t48-,54+,55-,56-,57-,58-,64-,65-/m0/s1. The van der Waals surface area contributed by atoms with Gasteiger partial charge in [-0.1, -0.05) is 112 Å². The molecule has 5 fully saturated rings. The van der Waals surface area contributed by atoms with Gasteiger partial charge in [0.15, 0.2) is 0 Å². The Kier molecular flexibility index (Phi) is 27.8. The molecule has 0 bridgehead atoms. The van der Waals surface area contributed by atoms with Crippen LogP contribution in [0.2, 0.25) is 0 Å². The van der Waals surface area contributed by atoms with Gasteiger partial charge in [0.2, 0.25) is 70.9 Å². The number of benzene rings is 2. The number of carbonyl (C=O) groups excluding carboxylic acids is 15. The number of amides is 14. The van der Waals surface area contributed by atoms with Gasteiger partial charge < -0.3 is 64.9 Å². The van der Waals surface area contributed by atoms with Gasteiger partial charge in [0.25, 0.3) is 11.8 Å². The summed E-state index contributed by atoms with van der Waals surface area (Å²) >= 11 is 0. The molecule has 572 valence electrons. The van der Waals surface area contributed by atoms with E-state index in [2.05, 4.69) is 22.5 Å². The van der Waals surface area contributed by atoms with E-state index in [0.717, 1.165) is 58.8 Å². The van der Waals surface area contributed by atoms with Crippen molar-refractivity contribution in [3.8, 4) is 0 Å². The van der Waals surface area contributed by atoms with Gasteiger partial charge in [-0.3, -0.25) is 67.1 Å². The number of aryl methyl sites for hydroxylation is 1. The highest BCUT2D eigenvalue weighted by Gasteiger charge is 2.53. The van der Waals surface area contributed by atoms with Gasteiger partial charge in [-0.15, -0.1) is 6.58 Å². The molecule has 3 aliphatic heterocycles. The molecule has 2 aromatic carbocycles. The molecule has 29 heteroatoms. The zero-order valence-electron chi connectivity index (χ0n) is 62.9. The van der Waals surface area contributed by atoms with E-state index in [1.54, 1.807) is 25.1 Å². The minimum Gasteiger partial charge on any atom is -0.347 e. The van der Waals surface area contributed by atoms with E-state index in [9.17, 15) is 38.4 Å². The van der Waals surface area contributed by atoms with E-state index in [0.29, 0.717) is 36.3 Å². The molecule has 0 unspecified atom stereocenters. The first-order valence-electron chi connectivity index (χ1n) is 36.9. The molecule has 0 aromatic heterocycles. The first kappa shape index (κ1) is 81.1. The largest absolute Gasteiger partial charge is 0.347 e. The fraction of sp³-hybridized carbons (Fsp3) is 0.618. The maximum atomic E-state index is 15.5. The van der Waals surface area contributed by atoms with Gasteiger partial charge in [-0.05, 0) is 107 Å². The molecule has 6 aliphatic rings. The van der Waals surface area contributed by atoms with Crippen LogP contribution in [0.15, 0.2) is 61.2 Å². The molecule has 29 nitrogen and oxygen atoms in total. The van der Waals surface area contributed by atoms with Crippen molar-refractivity contribution < 1.29 is 76.8 Å². The molecule has 8 atom stereocenters. The summed E-state index contributed by atoms with van der Waals surface area (Å²) in [6.45, 7) is 7.31. The molecule has 3 N–H and O–H groups in total. The maximum Gasteiger partial charge on any atom is 0.333 e. The van der Waals surface area contributed by atoms with Crippen LogP contribution in [0.4, 0.5) is 0 Å². The number of hydroxylamine groups is 2. The van der Waals surface area contributed by atoms with Gasteiger partial charge in [0, 0.05) is 75.9 Å². The first-order valence-corrected chi connectivity index (χ1v) is 36.9. The zero-order valence-corrected chi connectivity index (χ0v) is 62.9. The van der Waals surface area contributed by atoms with E-state index in [-0.39, 0.29) is 75.1 Å². The van der Waals surface area contributed by atoms with Crippen LogP contribution in [0.1, 0.15) is 168 Å². The molecule has 3 heterocycles. The lowest BCUT2D eigenvalue weighted by Crippen LogP contribution is -2.68. The zero-order chi connectivity index (χ0) is 76.9. The number of nitrogens with one attached hydrogen (secondary N) is 3. The average molecular weight is 1460 g/mol. The van der Waals surface area contributed by atoms with E-state index >= 15 is 33.6 Å². The molecule has 8 rings (SSSR count). The van der Waals surface area contributed by atoms with Gasteiger partial charge in [0.1, 0.15) is 47.8 Å². The minimum absolute atomic E-state index is 0.00857. The summed E-state index contributed by atoms with van der Waals surface area (Å²) in [5.74, 6) is -12.3. The monoisotopic (exact) mass is 1460 g/mol. The molecule has 0 radical (unpaired) electrons. The smallest absolute Gasteiger partial charge is 0.333 e. The number of fused-ring (bicyclic) bond motifs is 2. The second-order valence-electron chi connectivity index (χ2n) is 29.8. The van der Waals surface area contributed by atoms with Crippen molar-refractivity contribution in [1.82, 2.24) is 65.1 Å². The molecule has 105 heavy (non-hydrogen) atoms. The summed E-state index contributed by atoms with van der Waals surface area (Å²) in [6.07, 6.45) is 7.49. The molecule has 2 aromatic rings. The van der Waals surface area contributed by atoms with E-state index in [1.165, 1.54) is 110 Å². The van der Waals surface area contributed by atoms with Crippen molar-refractivity contribution >= 4 is 88.7 Å². The number of likely N-dealkylation sites (N-methyl/N-ethyl adjacent to an activating group) is 7. The molecule has 14 amide bonds. The third-order valence-corrected chi connectivity index (χ3v) is 22.2. The van der Waals surface area contributed by atoms with E-state index in [4.69, 9.17) is 4.84 Å². The Labute approximate surface area is 615 Å². The first-order chi connectivity index (χ1) is 49.8. The number of hydrogen-bond acceptors (Lipinski definition) is 16. The SMILES string of the molecule is C=CCCN1C(=O)CN(C)C(=O)CN(C)C(=O)[C@H]([C@@H](C)CC)NC(=O)[C@H](CC2CCCC2)N(C)C(=O)C[C@@H](C(=O)N(C)C)N(C)C(=O)[C@H](C2CCCC2)N(C)C(=O)C2(CCC2)NC(=O)[C@@H]2CCCN2C(=O)[C@@H](CCC(=O)ON2C(=O)c3ccccc3C2=O)NC(=O)CN(C)C(=O)[C@@H]1Cc1ccc(C)cc1. The predicted octanol–water partition coefficient (Wildman–Crippen LogP) is 3.01. The number of carbonyl (C=O) groups is 15. The quantitative estimate of drug-likeness (QED) is 0.170. The highest BCUT2D eigenvalue weighted by molar-refractivity contribution is 6.21. The summed E-state index contributed by atoms with van der Waals surface area (Å²) in [4.78, 5) is 236. The van der Waals surface area contributed by atoms with Crippen LogP contribution >= 0.6 is 0 Å². The van der Waals surface area contributed by atoms with Gasteiger partial charge >= 0.3 is 5.97 Å². The Bertz CT molecular complexity index is 3590. The molecular weight excluding hydrogens is 1350 g/mol. The number of rotatable bonds is 15. The van der Waals surface area contributed by atoms with Crippen molar-refractivity contribution in [3.63, 3.8) is 0 Å². The molecule has 2 saturated heterocycles. The molecule has 1 spiro atoms. The van der Waals surface area contributed by atoms with Crippen LogP contribution in [0.25, 0.3) is 0 Å². The van der Waals surface area contributed by atoms with Crippen molar-refractivity contribution in [1.29, 1.82) is 0 Å². The van der Waals surface area contributed by atoms with Crippen molar-refractivity contribution in [2.75, 3.05) is 89.1 Å². The maximum absolute atomic E-state index is 15.5. The second-order valence-corrected chi connectivity index (χ2v) is 29.8. The Hall–Kier alpha value is -9.57. The van der Waals surface area contributed by atoms with Crippen LogP contribution in [0.3, 0.4) is 0 Å². The summed E-state index contributed by atoms with van der Waals surface area (Å²) in [5.41, 5.74) is -0.0649. The summed E-state index contributed by atoms with van der Waals surface area (Å²) in [6, 6.07) is 3.82. The lowest BCUT2D eigenvalue weighted by molar-refractivity contribution is -0.169. The Morgan fingerprint density at radius 1 is 0.667 bits per heavy atom. The fourth-order valence-corrected chi connectivity index (χ4v) is 15.3. The molecule has 3 aliphatic carbocycles. The van der Waals surface area contributed by atoms with E-state index < -0.39 is 187 Å². The van der Waals surface area contributed by atoms with Crippen LogP contribution < -0.4 is 16.0 Å². The highest BCUT2D eigenvalue weighted by atomic mass is 16.7. The molecule has 3 saturated carbocycles. The summed E-state index contributed by atoms with van der Waals surface area (Å²) in [7, 11) is 11.4. The lowest BCUT2D eigenvalue weighted by atomic mass is 9.74. The third kappa shape index (κ3) is 19.1. The number of hydrogen-bond donors (Lipinski definition) is 3. The lowest BCUT2D eigenvalue weighted by Gasteiger charge is -2.46. The van der Waals surface area contributed by atoms with Gasteiger partial charge in [-0.2, -0.15) is 0 Å². The van der Waals surface area contributed by atoms with Gasteiger partial charge in [0.05, 0.1) is 43.6 Å². The normalized spacial score (nSPS) is 25.2. The summed E-state index contributed by atoms with van der Waals surface area (Å²) < 4.78 is 0. The fourth-order valence-electron chi connectivity index (χ4n) is 15.3.